The second kappa shape index (κ2) is 8.88. The van der Waals surface area contributed by atoms with Crippen LogP contribution in [0.25, 0.3) is 0 Å². The van der Waals surface area contributed by atoms with Gasteiger partial charge in [-0.05, 0) is 13.0 Å². The van der Waals surface area contributed by atoms with E-state index in [0.717, 1.165) is 0 Å². The van der Waals surface area contributed by atoms with Gasteiger partial charge in [-0.2, -0.15) is 0 Å². The fourth-order valence-corrected chi connectivity index (χ4v) is 2.68. The van der Waals surface area contributed by atoms with Gasteiger partial charge in [0.2, 0.25) is 5.91 Å². The maximum atomic E-state index is 12.6. The molecule has 0 unspecified atom stereocenters. The molecule has 0 saturated carbocycles. The number of aliphatic hydroxyl groups is 1. The van der Waals surface area contributed by atoms with Crippen molar-refractivity contribution >= 4 is 23.3 Å². The predicted octanol–water partition coefficient (Wildman–Crippen LogP) is 2.05. The third kappa shape index (κ3) is 4.89. The first kappa shape index (κ1) is 21.4. The van der Waals surface area contributed by atoms with Crippen LogP contribution < -0.4 is 10.1 Å². The predicted molar refractivity (Wildman–Crippen MR) is 101 cm³/mol. The van der Waals surface area contributed by atoms with Crippen LogP contribution in [0.15, 0.2) is 24.3 Å². The molecule has 2 rings (SSSR count). The monoisotopic (exact) mass is 391 g/mol. The summed E-state index contributed by atoms with van der Waals surface area (Å²) in [5.41, 5.74) is -0.224. The number of hydrogen-bond acceptors (Lipinski definition) is 7. The Hall–Kier alpha value is -2.87. The second-order valence-electron chi connectivity index (χ2n) is 6.91. The fourth-order valence-electron chi connectivity index (χ4n) is 2.68. The molecule has 0 fully saturated rings. The summed E-state index contributed by atoms with van der Waals surface area (Å²) >= 11 is 0. The average Bonchev–Trinajstić information content (AvgIpc) is 2.63. The smallest absolute Gasteiger partial charge is 0.344 e. The van der Waals surface area contributed by atoms with Crippen LogP contribution in [0.1, 0.15) is 37.6 Å². The Kier molecular flexibility index (Phi) is 6.80. The molecule has 1 aliphatic rings. The Morgan fingerprint density at radius 1 is 1.18 bits per heavy atom. The topological polar surface area (TPSA) is 122 Å². The van der Waals surface area contributed by atoms with Crippen molar-refractivity contribution in [1.29, 1.82) is 0 Å². The van der Waals surface area contributed by atoms with Gasteiger partial charge in [0, 0.05) is 24.0 Å². The number of phenols is 1. The van der Waals surface area contributed by atoms with Gasteiger partial charge in [0.05, 0.1) is 25.3 Å². The standard InChI is InChI=1S/C20H25NO7/c1-10-5-6-15(22)11(2)16(23)9-18(25)21-14-7-13(27-4)8-17(24)19(14)20(26)28-12(10)3/h5-8,10-12,16,23-24H,9H2,1-4H3,(H,21,25)/b6-5-/t10-,11-,12+,16+/m1/s1. The van der Waals surface area contributed by atoms with Crippen molar-refractivity contribution in [1.82, 2.24) is 0 Å². The van der Waals surface area contributed by atoms with Crippen LogP contribution >= 0.6 is 0 Å². The lowest BCUT2D eigenvalue weighted by Crippen LogP contribution is -2.30. The highest BCUT2D eigenvalue weighted by Gasteiger charge is 2.27. The van der Waals surface area contributed by atoms with E-state index in [4.69, 9.17) is 9.47 Å². The van der Waals surface area contributed by atoms with Crippen LogP contribution in [0.3, 0.4) is 0 Å². The molecule has 4 atom stereocenters. The van der Waals surface area contributed by atoms with Gasteiger partial charge in [0.1, 0.15) is 23.2 Å². The molecular formula is C20H25NO7. The lowest BCUT2D eigenvalue weighted by molar-refractivity contribution is -0.123. The number of nitrogens with one attached hydrogen (secondary N) is 1. The summed E-state index contributed by atoms with van der Waals surface area (Å²) in [6.45, 7) is 4.96. The van der Waals surface area contributed by atoms with Crippen molar-refractivity contribution in [3.05, 3.63) is 29.8 Å². The maximum Gasteiger partial charge on any atom is 0.344 e. The first-order valence-corrected chi connectivity index (χ1v) is 8.96. The number of anilines is 1. The summed E-state index contributed by atoms with van der Waals surface area (Å²) in [5, 5.41) is 23.0. The largest absolute Gasteiger partial charge is 0.507 e. The molecule has 1 aliphatic heterocycles. The second-order valence-corrected chi connectivity index (χ2v) is 6.91. The van der Waals surface area contributed by atoms with Gasteiger partial charge >= 0.3 is 5.97 Å². The lowest BCUT2D eigenvalue weighted by atomic mass is 9.95. The zero-order chi connectivity index (χ0) is 21.0. The van der Waals surface area contributed by atoms with Crippen molar-refractivity contribution in [2.24, 2.45) is 11.8 Å². The molecule has 0 aliphatic carbocycles. The molecule has 1 aromatic rings. The number of esters is 1. The van der Waals surface area contributed by atoms with Crippen LogP contribution in [-0.2, 0) is 14.3 Å². The Balaban J connectivity index is 2.50. The Labute approximate surface area is 163 Å². The van der Waals surface area contributed by atoms with Crippen LogP contribution in [-0.4, -0.2) is 47.2 Å². The minimum atomic E-state index is -1.21. The number of ketones is 1. The fraction of sp³-hybridized carbons (Fsp3) is 0.450. The molecule has 0 spiro atoms. The highest BCUT2D eigenvalue weighted by atomic mass is 16.5. The van der Waals surface area contributed by atoms with Gasteiger partial charge in [0.15, 0.2) is 5.78 Å². The number of fused-ring (bicyclic) bond motifs is 1. The molecule has 3 N–H and O–H groups in total. The van der Waals surface area contributed by atoms with Crippen LogP contribution in [0.5, 0.6) is 11.5 Å². The van der Waals surface area contributed by atoms with Crippen molar-refractivity contribution in [2.75, 3.05) is 12.4 Å². The van der Waals surface area contributed by atoms with Crippen molar-refractivity contribution < 1.29 is 34.1 Å². The minimum absolute atomic E-state index is 0.00881. The summed E-state index contributed by atoms with van der Waals surface area (Å²) in [5.74, 6) is -3.06. The van der Waals surface area contributed by atoms with Crippen LogP contribution in [0, 0.1) is 11.8 Å². The van der Waals surface area contributed by atoms with E-state index < -0.39 is 35.8 Å². The lowest BCUT2D eigenvalue weighted by Gasteiger charge is -2.21. The zero-order valence-electron chi connectivity index (χ0n) is 16.3. The number of ether oxygens (including phenoxy) is 2. The van der Waals surface area contributed by atoms with Crippen molar-refractivity contribution in [3.63, 3.8) is 0 Å². The Morgan fingerprint density at radius 3 is 2.50 bits per heavy atom. The number of carbonyl (C=O) groups excluding carboxylic acids is 3. The molecule has 0 bridgehead atoms. The summed E-state index contributed by atoms with van der Waals surface area (Å²) in [6, 6.07) is 2.61. The maximum absolute atomic E-state index is 12.6. The van der Waals surface area contributed by atoms with Gasteiger partial charge in [0.25, 0.3) is 0 Å². The third-order valence-electron chi connectivity index (χ3n) is 4.82. The quantitative estimate of drug-likeness (QED) is 0.626. The normalized spacial score (nSPS) is 27.8. The van der Waals surface area contributed by atoms with Crippen LogP contribution in [0.2, 0.25) is 0 Å². The first-order chi connectivity index (χ1) is 13.1. The molecule has 152 valence electrons. The zero-order valence-corrected chi connectivity index (χ0v) is 16.3. The van der Waals surface area contributed by atoms with Gasteiger partial charge in [-0.25, -0.2) is 4.79 Å². The van der Waals surface area contributed by atoms with Gasteiger partial charge < -0.3 is 25.0 Å². The number of methoxy groups -OCH3 is 1. The molecule has 8 heteroatoms. The molecule has 0 saturated heterocycles. The van der Waals surface area contributed by atoms with E-state index >= 15 is 0 Å². The van der Waals surface area contributed by atoms with Gasteiger partial charge in [-0.1, -0.05) is 19.9 Å². The van der Waals surface area contributed by atoms with E-state index in [1.165, 1.54) is 32.2 Å². The molecule has 8 nitrogen and oxygen atoms in total. The molecule has 0 aromatic heterocycles. The molecule has 1 heterocycles. The first-order valence-electron chi connectivity index (χ1n) is 8.96. The summed E-state index contributed by atoms with van der Waals surface area (Å²) in [7, 11) is 1.37. The number of carbonyl (C=O) groups is 3. The van der Waals surface area contributed by atoms with Crippen molar-refractivity contribution in [3.8, 4) is 11.5 Å². The molecule has 28 heavy (non-hydrogen) atoms. The van der Waals surface area contributed by atoms with E-state index in [0.29, 0.717) is 0 Å². The number of amides is 1. The number of hydrogen-bond donors (Lipinski definition) is 3. The summed E-state index contributed by atoms with van der Waals surface area (Å²) in [6.07, 6.45) is 0.735. The number of aliphatic hydroxyl groups excluding tert-OH is 1. The molecule has 0 radical (unpaired) electrons. The number of phenolic OH excluding ortho intramolecular Hbond substituents is 1. The van der Waals surface area contributed by atoms with Crippen molar-refractivity contribution in [2.45, 2.75) is 39.4 Å². The number of rotatable bonds is 1. The number of allylic oxidation sites excluding steroid dienone is 1. The average molecular weight is 391 g/mol. The van der Waals surface area contributed by atoms with E-state index in [-0.39, 0.29) is 35.1 Å². The van der Waals surface area contributed by atoms with E-state index in [1.807, 2.05) is 0 Å². The molecule has 1 aromatic carbocycles. The van der Waals surface area contributed by atoms with Gasteiger partial charge in [-0.3, -0.25) is 9.59 Å². The van der Waals surface area contributed by atoms with E-state index in [9.17, 15) is 24.6 Å². The minimum Gasteiger partial charge on any atom is -0.507 e. The number of cyclic esters (lactones) is 1. The molecular weight excluding hydrogens is 366 g/mol. The summed E-state index contributed by atoms with van der Waals surface area (Å²) in [4.78, 5) is 37.2. The Morgan fingerprint density at radius 2 is 1.86 bits per heavy atom. The summed E-state index contributed by atoms with van der Waals surface area (Å²) < 4.78 is 10.5. The molecule has 1 amide bonds. The number of benzene rings is 1. The van der Waals surface area contributed by atoms with E-state index in [1.54, 1.807) is 19.9 Å². The highest BCUT2D eigenvalue weighted by Crippen LogP contribution is 2.33. The highest BCUT2D eigenvalue weighted by molar-refractivity contribution is 6.04. The van der Waals surface area contributed by atoms with E-state index in [2.05, 4.69) is 5.32 Å². The van der Waals surface area contributed by atoms with Crippen LogP contribution in [0.4, 0.5) is 5.69 Å². The SMILES string of the molecule is COc1cc(O)c2c(c1)NC(=O)C[C@H](O)[C@H](C)C(=O)/C=C\[C@@H](C)[C@H](C)OC2=O. The Bertz CT molecular complexity index is 802. The van der Waals surface area contributed by atoms with Gasteiger partial charge in [-0.15, -0.1) is 0 Å². The third-order valence-corrected chi connectivity index (χ3v) is 4.82. The number of aromatic hydroxyl groups is 1.